The lowest BCUT2D eigenvalue weighted by Gasteiger charge is -2.10. The van der Waals surface area contributed by atoms with E-state index >= 15 is 0 Å². The maximum absolute atomic E-state index is 11.6. The van der Waals surface area contributed by atoms with Crippen molar-refractivity contribution in [2.75, 3.05) is 6.54 Å². The lowest BCUT2D eigenvalue weighted by molar-refractivity contribution is -0.116. The molecule has 2 heterocycles. The third-order valence-electron chi connectivity index (χ3n) is 2.64. The van der Waals surface area contributed by atoms with E-state index in [1.807, 2.05) is 18.4 Å². The Kier molecular flexibility index (Phi) is 4.54. The highest BCUT2D eigenvalue weighted by Crippen LogP contribution is 2.22. The molecule has 0 aliphatic rings. The van der Waals surface area contributed by atoms with Crippen LogP contribution in [0.1, 0.15) is 22.1 Å². The summed E-state index contributed by atoms with van der Waals surface area (Å²) in [5.41, 5.74) is 1.87. The summed E-state index contributed by atoms with van der Waals surface area (Å²) in [6, 6.07) is 3.71. The molecule has 2 aromatic heterocycles. The third-order valence-corrected chi connectivity index (χ3v) is 3.76. The van der Waals surface area contributed by atoms with Crippen LogP contribution >= 0.6 is 11.3 Å². The fourth-order valence-electron chi connectivity index (χ4n) is 1.62. The van der Waals surface area contributed by atoms with Crippen molar-refractivity contribution in [2.24, 2.45) is 0 Å². The molecule has 19 heavy (non-hydrogen) atoms. The summed E-state index contributed by atoms with van der Waals surface area (Å²) >= 11 is 1.49. The molecule has 0 bridgehead atoms. The highest BCUT2D eigenvalue weighted by atomic mass is 32.1. The minimum atomic E-state index is -0.661. The van der Waals surface area contributed by atoms with Crippen LogP contribution in [0.3, 0.4) is 0 Å². The molecule has 1 amide bonds. The minimum absolute atomic E-state index is 0.204. The zero-order chi connectivity index (χ0) is 13.7. The van der Waals surface area contributed by atoms with Gasteiger partial charge in [-0.3, -0.25) is 4.79 Å². The first-order chi connectivity index (χ1) is 9.16. The molecule has 5 heteroatoms. The largest absolute Gasteiger partial charge is 0.472 e. The third kappa shape index (κ3) is 3.81. The number of carbonyl (C=O) groups excluding carboxylic acids is 1. The van der Waals surface area contributed by atoms with Crippen LogP contribution in [0.5, 0.6) is 0 Å². The molecule has 0 unspecified atom stereocenters. The second-order valence-corrected chi connectivity index (χ2v) is 5.07. The molecule has 0 saturated heterocycles. The number of aliphatic hydroxyl groups excluding tert-OH is 1. The first-order valence-corrected chi connectivity index (χ1v) is 6.75. The average molecular weight is 277 g/mol. The van der Waals surface area contributed by atoms with Crippen molar-refractivity contribution in [3.8, 4) is 0 Å². The quantitative estimate of drug-likeness (QED) is 0.825. The smallest absolute Gasteiger partial charge is 0.244 e. The first kappa shape index (κ1) is 13.6. The van der Waals surface area contributed by atoms with Gasteiger partial charge in [0.15, 0.2) is 0 Å². The molecule has 0 aromatic carbocycles. The molecule has 4 nitrogen and oxygen atoms in total. The van der Waals surface area contributed by atoms with E-state index < -0.39 is 6.10 Å². The standard InChI is InChI=1S/C14H15NO3S/c1-10-5-7-19-14(10)12(16)8-15-13(17)3-2-11-4-6-18-9-11/h2-7,9,12,16H,8H2,1H3,(H,15,17)/b3-2+/t12-/m0/s1. The zero-order valence-electron chi connectivity index (χ0n) is 10.5. The van der Waals surface area contributed by atoms with Crippen molar-refractivity contribution in [2.45, 2.75) is 13.0 Å². The summed E-state index contributed by atoms with van der Waals surface area (Å²) in [5.74, 6) is -0.241. The second-order valence-electron chi connectivity index (χ2n) is 4.12. The SMILES string of the molecule is Cc1ccsc1[C@@H](O)CNC(=O)/C=C/c1ccoc1. The summed E-state index contributed by atoms with van der Waals surface area (Å²) < 4.78 is 4.89. The maximum Gasteiger partial charge on any atom is 0.244 e. The van der Waals surface area contributed by atoms with Crippen LogP contribution < -0.4 is 5.32 Å². The Morgan fingerprint density at radius 2 is 2.42 bits per heavy atom. The van der Waals surface area contributed by atoms with E-state index in [1.165, 1.54) is 17.4 Å². The lowest BCUT2D eigenvalue weighted by atomic mass is 10.2. The van der Waals surface area contributed by atoms with Crippen LogP contribution in [0.2, 0.25) is 0 Å². The van der Waals surface area contributed by atoms with Gasteiger partial charge >= 0.3 is 0 Å². The number of aliphatic hydroxyl groups is 1. The van der Waals surface area contributed by atoms with Gasteiger partial charge in [-0.15, -0.1) is 11.3 Å². The summed E-state index contributed by atoms with van der Waals surface area (Å²) in [6.45, 7) is 2.14. The fourth-order valence-corrected chi connectivity index (χ4v) is 2.53. The predicted octanol–water partition coefficient (Wildman–Crippen LogP) is 2.51. The number of thiophene rings is 1. The number of amides is 1. The van der Waals surface area contributed by atoms with Crippen LogP contribution in [-0.4, -0.2) is 17.6 Å². The Morgan fingerprint density at radius 3 is 3.05 bits per heavy atom. The average Bonchev–Trinajstić information content (AvgIpc) is 3.04. The zero-order valence-corrected chi connectivity index (χ0v) is 11.3. The van der Waals surface area contributed by atoms with Crippen molar-refractivity contribution >= 4 is 23.3 Å². The van der Waals surface area contributed by atoms with Crippen LogP contribution in [0.4, 0.5) is 0 Å². The van der Waals surface area contributed by atoms with Crippen LogP contribution in [0.15, 0.2) is 40.5 Å². The molecule has 0 spiro atoms. The maximum atomic E-state index is 11.6. The number of hydrogen-bond acceptors (Lipinski definition) is 4. The number of nitrogens with one attached hydrogen (secondary N) is 1. The van der Waals surface area contributed by atoms with E-state index in [2.05, 4.69) is 5.32 Å². The van der Waals surface area contributed by atoms with E-state index in [-0.39, 0.29) is 12.5 Å². The molecular weight excluding hydrogens is 262 g/mol. The van der Waals surface area contributed by atoms with Crippen LogP contribution in [-0.2, 0) is 4.79 Å². The lowest BCUT2D eigenvalue weighted by Crippen LogP contribution is -2.26. The second kappa shape index (κ2) is 6.36. The minimum Gasteiger partial charge on any atom is -0.472 e. The summed E-state index contributed by atoms with van der Waals surface area (Å²) in [7, 11) is 0. The van der Waals surface area contributed by atoms with Gasteiger partial charge < -0.3 is 14.8 Å². The van der Waals surface area contributed by atoms with E-state index in [1.54, 1.807) is 24.7 Å². The summed E-state index contributed by atoms with van der Waals surface area (Å²) in [4.78, 5) is 12.4. The number of carbonyl (C=O) groups is 1. The van der Waals surface area contributed by atoms with Gasteiger partial charge in [-0.2, -0.15) is 0 Å². The van der Waals surface area contributed by atoms with Crippen LogP contribution in [0, 0.1) is 6.92 Å². The topological polar surface area (TPSA) is 62.5 Å². The molecule has 0 aliphatic carbocycles. The highest BCUT2D eigenvalue weighted by molar-refractivity contribution is 7.10. The highest BCUT2D eigenvalue weighted by Gasteiger charge is 2.12. The Hall–Kier alpha value is -1.85. The van der Waals surface area contributed by atoms with Crippen molar-refractivity contribution < 1.29 is 14.3 Å². The van der Waals surface area contributed by atoms with Gasteiger partial charge in [-0.05, 0) is 36.1 Å². The fraction of sp³-hybridized carbons (Fsp3) is 0.214. The Bertz CT molecular complexity index is 557. The molecule has 100 valence electrons. The summed E-state index contributed by atoms with van der Waals surface area (Å²) in [6.07, 6.45) is 5.50. The van der Waals surface area contributed by atoms with Gasteiger partial charge in [-0.25, -0.2) is 0 Å². The molecule has 0 fully saturated rings. The van der Waals surface area contributed by atoms with Crippen LogP contribution in [0.25, 0.3) is 6.08 Å². The molecule has 0 radical (unpaired) electrons. The van der Waals surface area contributed by atoms with E-state index in [4.69, 9.17) is 4.42 Å². The number of aryl methyl sites for hydroxylation is 1. The Morgan fingerprint density at radius 1 is 1.58 bits per heavy atom. The van der Waals surface area contributed by atoms with E-state index in [0.29, 0.717) is 0 Å². The molecule has 2 rings (SSSR count). The normalized spacial score (nSPS) is 12.7. The first-order valence-electron chi connectivity index (χ1n) is 5.87. The predicted molar refractivity (Wildman–Crippen MR) is 74.8 cm³/mol. The van der Waals surface area contributed by atoms with E-state index in [0.717, 1.165) is 16.0 Å². The molecule has 0 saturated carbocycles. The number of hydrogen-bond donors (Lipinski definition) is 2. The van der Waals surface area contributed by atoms with Gasteiger partial charge in [0.05, 0.1) is 12.5 Å². The number of furan rings is 1. The monoisotopic (exact) mass is 277 g/mol. The molecule has 2 aromatic rings. The molecule has 2 N–H and O–H groups in total. The Balaban J connectivity index is 1.82. The van der Waals surface area contributed by atoms with Crippen molar-refractivity contribution in [3.05, 3.63) is 52.1 Å². The molecule has 1 atom stereocenters. The number of rotatable bonds is 5. The van der Waals surface area contributed by atoms with Gasteiger partial charge in [0.25, 0.3) is 0 Å². The molecular formula is C14H15NO3S. The van der Waals surface area contributed by atoms with Gasteiger partial charge in [-0.1, -0.05) is 0 Å². The van der Waals surface area contributed by atoms with Crippen molar-refractivity contribution in [1.29, 1.82) is 0 Å². The van der Waals surface area contributed by atoms with Gasteiger partial charge in [0.1, 0.15) is 6.10 Å². The van der Waals surface area contributed by atoms with Crippen molar-refractivity contribution in [1.82, 2.24) is 5.32 Å². The van der Waals surface area contributed by atoms with Crippen molar-refractivity contribution in [3.63, 3.8) is 0 Å². The summed E-state index contributed by atoms with van der Waals surface area (Å²) in [5, 5.41) is 14.5. The van der Waals surface area contributed by atoms with Gasteiger partial charge in [0, 0.05) is 23.1 Å². The van der Waals surface area contributed by atoms with E-state index in [9.17, 15) is 9.90 Å². The molecule has 0 aliphatic heterocycles. The van der Waals surface area contributed by atoms with Gasteiger partial charge in [0.2, 0.25) is 5.91 Å². The Labute approximate surface area is 115 Å².